The minimum Gasteiger partial charge on any atom is -0.353 e. The van der Waals surface area contributed by atoms with E-state index in [1.165, 1.54) is 69.8 Å². The minimum absolute atomic E-state index is 0.288. The number of carbonyl (C=O) groups excluding carboxylic acids is 1. The highest BCUT2D eigenvalue weighted by molar-refractivity contribution is 5.76. The highest BCUT2D eigenvalue weighted by Crippen LogP contribution is 2.61. The molecule has 0 radical (unpaired) electrons. The highest BCUT2D eigenvalue weighted by Gasteiger charge is 2.50. The predicted molar refractivity (Wildman–Crippen MR) is 128 cm³/mol. The highest BCUT2D eigenvalue weighted by atomic mass is 16.1. The van der Waals surface area contributed by atoms with Crippen LogP contribution in [0.25, 0.3) is 0 Å². The van der Waals surface area contributed by atoms with Crippen LogP contribution >= 0.6 is 0 Å². The molecule has 1 atom stereocenters. The van der Waals surface area contributed by atoms with Gasteiger partial charge in [0.2, 0.25) is 5.91 Å². The number of nitrogens with zero attached hydrogens (tertiary/aromatic N) is 1. The average molecular weight is 425 g/mol. The zero-order valence-electron chi connectivity index (χ0n) is 19.8. The van der Waals surface area contributed by atoms with Gasteiger partial charge in [-0.3, -0.25) is 9.78 Å². The summed E-state index contributed by atoms with van der Waals surface area (Å²) in [5.41, 5.74) is 1.99. The second-order valence-corrected chi connectivity index (χ2v) is 11.3. The summed E-state index contributed by atoms with van der Waals surface area (Å²) < 4.78 is 0. The molecule has 1 aromatic heterocycles. The largest absolute Gasteiger partial charge is 0.353 e. The van der Waals surface area contributed by atoms with E-state index in [0.717, 1.165) is 49.9 Å². The molecule has 5 rings (SSSR count). The van der Waals surface area contributed by atoms with Crippen molar-refractivity contribution >= 4 is 5.91 Å². The molecule has 4 aliphatic carbocycles. The lowest BCUT2D eigenvalue weighted by Crippen LogP contribution is -2.46. The molecule has 4 aliphatic rings. The van der Waals surface area contributed by atoms with Crippen LogP contribution in [0.3, 0.4) is 0 Å². The summed E-state index contributed by atoms with van der Waals surface area (Å²) >= 11 is 0. The third-order valence-corrected chi connectivity index (χ3v) is 8.58. The predicted octanol–water partition coefficient (Wildman–Crippen LogP) is 6.86. The zero-order valence-corrected chi connectivity index (χ0v) is 19.8. The van der Waals surface area contributed by atoms with Crippen molar-refractivity contribution < 1.29 is 4.79 Å². The normalized spacial score (nSPS) is 29.8. The number of aryl methyl sites for hydroxylation is 1. The van der Waals surface area contributed by atoms with E-state index in [4.69, 9.17) is 0 Å². The van der Waals surface area contributed by atoms with Crippen molar-refractivity contribution in [2.75, 3.05) is 0 Å². The van der Waals surface area contributed by atoms with Gasteiger partial charge in [0.05, 0.1) is 0 Å². The number of nitrogens with one attached hydrogen (secondary N) is 1. The van der Waals surface area contributed by atoms with Gasteiger partial charge in [-0.15, -0.1) is 0 Å². The first-order valence-electron chi connectivity index (χ1n) is 13.3. The van der Waals surface area contributed by atoms with Crippen molar-refractivity contribution in [2.45, 2.75) is 116 Å². The Balaban J connectivity index is 1.17. The third-order valence-electron chi connectivity index (χ3n) is 8.58. The van der Waals surface area contributed by atoms with Gasteiger partial charge in [-0.1, -0.05) is 26.2 Å². The van der Waals surface area contributed by atoms with Gasteiger partial charge in [0.25, 0.3) is 0 Å². The minimum atomic E-state index is 0.288. The molecule has 4 saturated carbocycles. The Bertz CT molecular complexity index is 650. The fourth-order valence-corrected chi connectivity index (χ4v) is 7.46. The number of amides is 1. The first kappa shape index (κ1) is 22.8. The Morgan fingerprint density at radius 3 is 2.32 bits per heavy atom. The van der Waals surface area contributed by atoms with Gasteiger partial charge >= 0.3 is 0 Å². The third kappa shape index (κ3) is 6.56. The number of aromatic nitrogens is 1. The summed E-state index contributed by atoms with van der Waals surface area (Å²) in [7, 11) is 0. The van der Waals surface area contributed by atoms with Crippen molar-refractivity contribution in [2.24, 2.45) is 23.2 Å². The number of pyridine rings is 1. The summed E-state index contributed by atoms with van der Waals surface area (Å²) in [6.45, 7) is 2.26. The smallest absolute Gasteiger partial charge is 0.220 e. The number of rotatable bonds is 13. The van der Waals surface area contributed by atoms with Crippen LogP contribution in [-0.2, 0) is 11.2 Å². The number of hydrogen-bond acceptors (Lipinski definition) is 2. The zero-order chi connectivity index (χ0) is 21.5. The first-order chi connectivity index (χ1) is 15.1. The van der Waals surface area contributed by atoms with Gasteiger partial charge in [-0.2, -0.15) is 0 Å². The summed E-state index contributed by atoms with van der Waals surface area (Å²) in [5.74, 6) is 3.38. The lowest BCUT2D eigenvalue weighted by molar-refractivity contribution is -0.122. The Morgan fingerprint density at radius 2 is 1.68 bits per heavy atom. The molecular formula is C28H44N2O. The molecule has 31 heavy (non-hydrogen) atoms. The van der Waals surface area contributed by atoms with Crippen LogP contribution in [0.5, 0.6) is 0 Å². The first-order valence-corrected chi connectivity index (χ1v) is 13.3. The van der Waals surface area contributed by atoms with Gasteiger partial charge in [-0.05, 0) is 118 Å². The maximum Gasteiger partial charge on any atom is 0.220 e. The second-order valence-electron chi connectivity index (χ2n) is 11.3. The van der Waals surface area contributed by atoms with E-state index in [-0.39, 0.29) is 5.91 Å². The van der Waals surface area contributed by atoms with Crippen LogP contribution in [0.4, 0.5) is 0 Å². The number of unbranched alkanes of at least 4 members (excludes halogenated alkanes) is 3. The standard InChI is InChI=1S/C28H44N2O/c1-2-3-8-26(10-13-28-19-23-16-24(20-28)18-25(17-23)21-28)30-27(31)9-6-4-5-7-22-11-14-29-15-12-22/h11-12,14-15,23-26H,2-10,13,16-21H2,1H3,(H,30,31). The maximum absolute atomic E-state index is 12.7. The average Bonchev–Trinajstić information content (AvgIpc) is 2.75. The van der Waals surface area contributed by atoms with Crippen molar-refractivity contribution in [3.63, 3.8) is 0 Å². The number of hydrogen-bond donors (Lipinski definition) is 1. The summed E-state index contributed by atoms with van der Waals surface area (Å²) in [6.07, 6.45) is 24.0. The van der Waals surface area contributed by atoms with E-state index in [2.05, 4.69) is 29.4 Å². The van der Waals surface area contributed by atoms with E-state index >= 15 is 0 Å². The van der Waals surface area contributed by atoms with E-state index < -0.39 is 0 Å². The summed E-state index contributed by atoms with van der Waals surface area (Å²) in [4.78, 5) is 16.7. The van der Waals surface area contributed by atoms with E-state index in [1.54, 1.807) is 0 Å². The van der Waals surface area contributed by atoms with E-state index in [0.29, 0.717) is 17.9 Å². The van der Waals surface area contributed by atoms with Crippen molar-refractivity contribution in [3.8, 4) is 0 Å². The second kappa shape index (κ2) is 11.0. The SMILES string of the molecule is CCCCC(CCC12CC3CC(CC(C3)C1)C2)NC(=O)CCCCCc1ccncc1. The van der Waals surface area contributed by atoms with Crippen LogP contribution in [-0.4, -0.2) is 16.9 Å². The molecule has 0 spiro atoms. The van der Waals surface area contributed by atoms with Crippen LogP contribution in [0.15, 0.2) is 24.5 Å². The Kier molecular flexibility index (Phi) is 8.07. The molecular weight excluding hydrogens is 380 g/mol. The maximum atomic E-state index is 12.7. The fourth-order valence-electron chi connectivity index (χ4n) is 7.46. The fraction of sp³-hybridized carbons (Fsp3) is 0.786. The molecule has 1 amide bonds. The van der Waals surface area contributed by atoms with Crippen LogP contribution in [0.1, 0.15) is 109 Å². The molecule has 0 saturated heterocycles. The van der Waals surface area contributed by atoms with Crippen LogP contribution < -0.4 is 5.32 Å². The Hall–Kier alpha value is -1.38. The molecule has 1 aromatic rings. The van der Waals surface area contributed by atoms with Crippen LogP contribution in [0.2, 0.25) is 0 Å². The van der Waals surface area contributed by atoms with Gasteiger partial charge in [0.15, 0.2) is 0 Å². The molecule has 1 heterocycles. The van der Waals surface area contributed by atoms with Crippen molar-refractivity contribution in [1.82, 2.24) is 10.3 Å². The summed E-state index contributed by atoms with van der Waals surface area (Å²) in [5, 5.41) is 3.45. The summed E-state index contributed by atoms with van der Waals surface area (Å²) in [6, 6.07) is 4.58. The molecule has 0 aromatic carbocycles. The molecule has 0 aliphatic heterocycles. The molecule has 172 valence electrons. The molecule has 1 unspecified atom stereocenters. The van der Waals surface area contributed by atoms with Crippen molar-refractivity contribution in [3.05, 3.63) is 30.1 Å². The topological polar surface area (TPSA) is 42.0 Å². The van der Waals surface area contributed by atoms with E-state index in [1.807, 2.05) is 12.4 Å². The molecule has 3 nitrogen and oxygen atoms in total. The van der Waals surface area contributed by atoms with Gasteiger partial charge < -0.3 is 5.32 Å². The molecule has 3 heteroatoms. The molecule has 4 bridgehead atoms. The van der Waals surface area contributed by atoms with Gasteiger partial charge in [0, 0.05) is 24.9 Å². The lowest BCUT2D eigenvalue weighted by atomic mass is 9.48. The number of carbonyl (C=O) groups is 1. The molecule has 1 N–H and O–H groups in total. The van der Waals surface area contributed by atoms with Gasteiger partial charge in [-0.25, -0.2) is 0 Å². The Labute approximate surface area is 190 Å². The van der Waals surface area contributed by atoms with E-state index in [9.17, 15) is 4.79 Å². The monoisotopic (exact) mass is 424 g/mol. The van der Waals surface area contributed by atoms with Gasteiger partial charge in [0.1, 0.15) is 0 Å². The quantitative estimate of drug-likeness (QED) is 0.352. The lowest BCUT2D eigenvalue weighted by Gasteiger charge is -2.57. The van der Waals surface area contributed by atoms with Crippen molar-refractivity contribution in [1.29, 1.82) is 0 Å². The Morgan fingerprint density at radius 1 is 1.00 bits per heavy atom. The van der Waals surface area contributed by atoms with Crippen LogP contribution in [0, 0.1) is 23.2 Å². The molecule has 4 fully saturated rings.